The Labute approximate surface area is 114 Å². The highest BCUT2D eigenvalue weighted by atomic mass is 16.5. The van der Waals surface area contributed by atoms with Crippen LogP contribution in [0.5, 0.6) is 5.75 Å². The lowest BCUT2D eigenvalue weighted by Gasteiger charge is -2.21. The normalized spacial score (nSPS) is 26.1. The largest absolute Gasteiger partial charge is 0.489 e. The van der Waals surface area contributed by atoms with E-state index >= 15 is 0 Å². The van der Waals surface area contributed by atoms with E-state index < -0.39 is 0 Å². The molecular formula is C18H20O. The molecular weight excluding hydrogens is 232 g/mol. The van der Waals surface area contributed by atoms with Gasteiger partial charge < -0.3 is 4.74 Å². The van der Waals surface area contributed by atoms with Gasteiger partial charge in [0.1, 0.15) is 11.9 Å². The number of ether oxygens (including phenoxy) is 1. The minimum Gasteiger partial charge on any atom is -0.489 e. The Kier molecular flexibility index (Phi) is 2.72. The molecule has 98 valence electrons. The van der Waals surface area contributed by atoms with Gasteiger partial charge in [-0.2, -0.15) is 0 Å². The molecule has 0 unspecified atom stereocenters. The number of rotatable bonds is 0. The molecule has 1 fully saturated rings. The van der Waals surface area contributed by atoms with Gasteiger partial charge in [-0.05, 0) is 24.6 Å². The Morgan fingerprint density at radius 2 is 1.68 bits per heavy atom. The first-order valence-electron chi connectivity index (χ1n) is 7.62. The van der Waals surface area contributed by atoms with E-state index in [1.165, 1.54) is 60.6 Å². The summed E-state index contributed by atoms with van der Waals surface area (Å²) >= 11 is 0. The van der Waals surface area contributed by atoms with Crippen molar-refractivity contribution in [3.63, 3.8) is 0 Å². The van der Waals surface area contributed by atoms with Crippen molar-refractivity contribution in [2.45, 2.75) is 50.5 Å². The third kappa shape index (κ3) is 1.83. The van der Waals surface area contributed by atoms with Crippen LogP contribution >= 0.6 is 0 Å². The lowest BCUT2D eigenvalue weighted by molar-refractivity contribution is 0.178. The molecule has 0 saturated heterocycles. The van der Waals surface area contributed by atoms with Crippen LogP contribution < -0.4 is 4.74 Å². The minimum atomic E-state index is 0.432. The van der Waals surface area contributed by atoms with Gasteiger partial charge in [0.15, 0.2) is 0 Å². The predicted octanol–water partition coefficient (Wildman–Crippen LogP) is 5.04. The van der Waals surface area contributed by atoms with Crippen LogP contribution in [0.1, 0.15) is 50.0 Å². The van der Waals surface area contributed by atoms with E-state index in [2.05, 4.69) is 36.4 Å². The molecule has 4 rings (SSSR count). The van der Waals surface area contributed by atoms with Gasteiger partial charge in [-0.1, -0.05) is 55.7 Å². The summed E-state index contributed by atoms with van der Waals surface area (Å²) in [7, 11) is 0. The average molecular weight is 252 g/mol. The standard InChI is InChI=1S/C18H20O/c1-2-4-10-17-15(9-3-1)16-12-11-13-7-5-6-8-14(13)18(16)19-17/h5-8,11-12,15,17H,1-4,9-10H2/t15-,17-/m1/s1. The van der Waals surface area contributed by atoms with Crippen LogP contribution in [0.15, 0.2) is 36.4 Å². The molecule has 0 radical (unpaired) electrons. The molecule has 0 spiro atoms. The molecule has 1 aliphatic heterocycles. The van der Waals surface area contributed by atoms with Crippen molar-refractivity contribution in [3.05, 3.63) is 42.0 Å². The maximum absolute atomic E-state index is 6.36. The van der Waals surface area contributed by atoms with E-state index in [9.17, 15) is 0 Å². The summed E-state index contributed by atoms with van der Waals surface area (Å²) < 4.78 is 6.36. The zero-order valence-electron chi connectivity index (χ0n) is 11.3. The quantitative estimate of drug-likeness (QED) is 0.638. The fourth-order valence-corrected chi connectivity index (χ4v) is 3.78. The van der Waals surface area contributed by atoms with Crippen LogP contribution in [0, 0.1) is 0 Å². The summed E-state index contributed by atoms with van der Waals surface area (Å²) in [6.45, 7) is 0. The van der Waals surface area contributed by atoms with E-state index in [4.69, 9.17) is 4.74 Å². The van der Waals surface area contributed by atoms with E-state index in [1.807, 2.05) is 0 Å². The van der Waals surface area contributed by atoms with Crippen molar-refractivity contribution in [2.24, 2.45) is 0 Å². The molecule has 1 heterocycles. The van der Waals surface area contributed by atoms with Gasteiger partial charge in [0.2, 0.25) is 0 Å². The molecule has 0 bridgehead atoms. The predicted molar refractivity (Wildman–Crippen MR) is 78.8 cm³/mol. The number of hydrogen-bond donors (Lipinski definition) is 0. The smallest absolute Gasteiger partial charge is 0.131 e. The molecule has 2 atom stereocenters. The first-order valence-corrected chi connectivity index (χ1v) is 7.62. The summed E-state index contributed by atoms with van der Waals surface area (Å²) in [5.41, 5.74) is 1.46. The van der Waals surface area contributed by atoms with Gasteiger partial charge in [0.05, 0.1) is 0 Å². The molecule has 0 N–H and O–H groups in total. The van der Waals surface area contributed by atoms with Crippen molar-refractivity contribution in [1.29, 1.82) is 0 Å². The highest BCUT2D eigenvalue weighted by Crippen LogP contribution is 2.47. The summed E-state index contributed by atoms with van der Waals surface area (Å²) in [6, 6.07) is 13.2. The third-order valence-corrected chi connectivity index (χ3v) is 4.78. The second kappa shape index (κ2) is 4.56. The summed E-state index contributed by atoms with van der Waals surface area (Å²) in [5.74, 6) is 1.81. The molecule has 1 nitrogen and oxygen atoms in total. The van der Waals surface area contributed by atoms with Crippen molar-refractivity contribution in [3.8, 4) is 5.75 Å². The molecule has 0 aromatic heterocycles. The highest BCUT2D eigenvalue weighted by molar-refractivity contribution is 5.90. The molecule has 2 aromatic rings. The van der Waals surface area contributed by atoms with Gasteiger partial charge in [0, 0.05) is 16.9 Å². The maximum Gasteiger partial charge on any atom is 0.131 e. The molecule has 2 aromatic carbocycles. The molecule has 2 aliphatic rings. The molecule has 1 aliphatic carbocycles. The fraction of sp³-hybridized carbons (Fsp3) is 0.444. The monoisotopic (exact) mass is 252 g/mol. The molecule has 0 amide bonds. The molecule has 19 heavy (non-hydrogen) atoms. The number of benzene rings is 2. The van der Waals surface area contributed by atoms with Gasteiger partial charge in [-0.15, -0.1) is 0 Å². The highest BCUT2D eigenvalue weighted by Gasteiger charge is 2.35. The SMILES string of the molecule is c1ccc2c3c(ccc2c1)[C@H]1CCCCCC[C@H]1O3. The first kappa shape index (κ1) is 11.3. The van der Waals surface area contributed by atoms with E-state index in [0.717, 1.165) is 0 Å². The Bertz CT molecular complexity index is 602. The summed E-state index contributed by atoms with van der Waals surface area (Å²) in [4.78, 5) is 0. The van der Waals surface area contributed by atoms with Gasteiger partial charge in [-0.25, -0.2) is 0 Å². The van der Waals surface area contributed by atoms with Crippen LogP contribution in [0.3, 0.4) is 0 Å². The van der Waals surface area contributed by atoms with Gasteiger partial charge in [0.25, 0.3) is 0 Å². The van der Waals surface area contributed by atoms with E-state index in [0.29, 0.717) is 12.0 Å². The van der Waals surface area contributed by atoms with Crippen molar-refractivity contribution in [2.75, 3.05) is 0 Å². The first-order chi connectivity index (χ1) is 9.43. The minimum absolute atomic E-state index is 0.432. The van der Waals surface area contributed by atoms with Crippen molar-refractivity contribution >= 4 is 10.8 Å². The second-order valence-corrected chi connectivity index (χ2v) is 5.96. The van der Waals surface area contributed by atoms with Crippen LogP contribution in [0.2, 0.25) is 0 Å². The average Bonchev–Trinajstić information content (AvgIpc) is 2.76. The van der Waals surface area contributed by atoms with Crippen LogP contribution in [0.4, 0.5) is 0 Å². The maximum atomic E-state index is 6.36. The summed E-state index contributed by atoms with van der Waals surface area (Å²) in [5, 5.41) is 2.60. The Morgan fingerprint density at radius 3 is 2.63 bits per heavy atom. The van der Waals surface area contributed by atoms with Gasteiger partial charge in [-0.3, -0.25) is 0 Å². The Hall–Kier alpha value is -1.50. The summed E-state index contributed by atoms with van der Waals surface area (Å²) in [6.07, 6.45) is 8.42. The van der Waals surface area contributed by atoms with E-state index in [1.54, 1.807) is 0 Å². The van der Waals surface area contributed by atoms with E-state index in [-0.39, 0.29) is 0 Å². The number of hydrogen-bond acceptors (Lipinski definition) is 1. The fourth-order valence-electron chi connectivity index (χ4n) is 3.78. The van der Waals surface area contributed by atoms with Crippen LogP contribution in [0.25, 0.3) is 10.8 Å². The molecule has 1 heteroatoms. The van der Waals surface area contributed by atoms with Crippen LogP contribution in [-0.4, -0.2) is 6.10 Å². The number of fused-ring (bicyclic) bond motifs is 5. The molecule has 1 saturated carbocycles. The zero-order valence-corrected chi connectivity index (χ0v) is 11.3. The Morgan fingerprint density at radius 1 is 0.842 bits per heavy atom. The topological polar surface area (TPSA) is 9.23 Å². The second-order valence-electron chi connectivity index (χ2n) is 5.96. The van der Waals surface area contributed by atoms with Gasteiger partial charge >= 0.3 is 0 Å². The van der Waals surface area contributed by atoms with Crippen molar-refractivity contribution < 1.29 is 4.74 Å². The lowest BCUT2D eigenvalue weighted by atomic mass is 9.85. The Balaban J connectivity index is 1.82. The third-order valence-electron chi connectivity index (χ3n) is 4.78. The lowest BCUT2D eigenvalue weighted by Crippen LogP contribution is -2.20. The van der Waals surface area contributed by atoms with Crippen LogP contribution in [-0.2, 0) is 0 Å². The van der Waals surface area contributed by atoms with Crippen molar-refractivity contribution in [1.82, 2.24) is 0 Å². The zero-order chi connectivity index (χ0) is 12.7.